The fraction of sp³-hybridized carbons (Fsp3) is 0.450. The number of benzene rings is 1. The van der Waals surface area contributed by atoms with Crippen LogP contribution in [0.4, 0.5) is 0 Å². The zero-order valence-electron chi connectivity index (χ0n) is 15.3. The lowest BCUT2D eigenvalue weighted by Gasteiger charge is -2.30. The van der Waals surface area contributed by atoms with Crippen LogP contribution in [0.2, 0.25) is 0 Å². The molecule has 1 aromatic carbocycles. The Labute approximate surface area is 164 Å². The lowest BCUT2D eigenvalue weighted by molar-refractivity contribution is -0.936. The van der Waals surface area contributed by atoms with Crippen molar-refractivity contribution >= 4 is 17.3 Å². The minimum atomic E-state index is 0.283. The smallest absolute Gasteiger partial charge is 0.231 e. The summed E-state index contributed by atoms with van der Waals surface area (Å²) in [6, 6.07) is 10.3. The number of nitrogens with one attached hydrogen (secondary N) is 3. The second kappa shape index (κ2) is 8.63. The van der Waals surface area contributed by atoms with Gasteiger partial charge in [-0.25, -0.2) is 0 Å². The molecule has 0 aliphatic carbocycles. The molecule has 1 atom stereocenters. The van der Waals surface area contributed by atoms with Crippen LogP contribution in [0.25, 0.3) is 0 Å². The van der Waals surface area contributed by atoms with Crippen LogP contribution < -0.4 is 25.0 Å². The molecule has 4 rings (SSSR count). The molecule has 1 aromatic heterocycles. The van der Waals surface area contributed by atoms with Gasteiger partial charge in [-0.2, -0.15) is 0 Å². The molecule has 7 heteroatoms. The molecular weight excluding hydrogens is 362 g/mol. The number of hydrogen-bond acceptors (Lipinski definition) is 4. The quantitative estimate of drug-likeness (QED) is 0.656. The molecule has 2 aromatic rings. The molecule has 1 saturated heterocycles. The highest BCUT2D eigenvalue weighted by atomic mass is 32.1. The molecule has 0 spiro atoms. The number of fused-ring (bicyclic) bond motifs is 1. The highest BCUT2D eigenvalue weighted by molar-refractivity contribution is 7.80. The van der Waals surface area contributed by atoms with Crippen molar-refractivity contribution in [2.24, 2.45) is 0 Å². The molecule has 0 bridgehead atoms. The van der Waals surface area contributed by atoms with Crippen LogP contribution >= 0.6 is 12.2 Å². The van der Waals surface area contributed by atoms with Gasteiger partial charge in [0.05, 0.1) is 25.9 Å². The first-order valence-corrected chi connectivity index (χ1v) is 9.98. The van der Waals surface area contributed by atoms with Gasteiger partial charge in [-0.3, -0.25) is 0 Å². The highest BCUT2D eigenvalue weighted by Gasteiger charge is 2.28. The Morgan fingerprint density at radius 3 is 2.74 bits per heavy atom. The molecule has 2 aliphatic rings. The van der Waals surface area contributed by atoms with E-state index in [9.17, 15) is 0 Å². The van der Waals surface area contributed by atoms with Gasteiger partial charge in [-0.05, 0) is 61.3 Å². The number of ether oxygens (including phenoxy) is 2. The largest absolute Gasteiger partial charge is 0.463 e. The number of likely N-dealkylation sites (tertiary alicyclic amines) is 1. The van der Waals surface area contributed by atoms with E-state index in [-0.39, 0.29) is 6.04 Å². The molecule has 0 amide bonds. The molecule has 144 valence electrons. The first kappa shape index (κ1) is 18.1. The summed E-state index contributed by atoms with van der Waals surface area (Å²) in [5.41, 5.74) is 1.10. The van der Waals surface area contributed by atoms with Gasteiger partial charge in [0.2, 0.25) is 6.79 Å². The van der Waals surface area contributed by atoms with Gasteiger partial charge in [0, 0.05) is 6.54 Å². The van der Waals surface area contributed by atoms with E-state index in [2.05, 4.69) is 16.7 Å². The number of rotatable bonds is 6. The van der Waals surface area contributed by atoms with Crippen LogP contribution in [0.1, 0.15) is 36.6 Å². The third-order valence-corrected chi connectivity index (χ3v) is 5.52. The van der Waals surface area contributed by atoms with Gasteiger partial charge in [-0.1, -0.05) is 6.07 Å². The lowest BCUT2D eigenvalue weighted by Crippen LogP contribution is -3.13. The monoisotopic (exact) mass is 388 g/mol. The Hall–Kier alpha value is -2.25. The van der Waals surface area contributed by atoms with Crippen LogP contribution in [0.15, 0.2) is 41.0 Å². The number of piperidine rings is 1. The van der Waals surface area contributed by atoms with Crippen molar-refractivity contribution in [3.63, 3.8) is 0 Å². The summed E-state index contributed by atoms with van der Waals surface area (Å²) in [4.78, 5) is 1.57. The second-order valence-corrected chi connectivity index (χ2v) is 7.45. The summed E-state index contributed by atoms with van der Waals surface area (Å²) in [7, 11) is 0. The third kappa shape index (κ3) is 4.54. The van der Waals surface area contributed by atoms with Crippen molar-refractivity contribution in [2.45, 2.75) is 31.8 Å². The number of hydrogen-bond donors (Lipinski definition) is 3. The number of furan rings is 1. The highest BCUT2D eigenvalue weighted by Crippen LogP contribution is 2.32. The van der Waals surface area contributed by atoms with Gasteiger partial charge in [-0.15, -0.1) is 0 Å². The molecule has 2 aliphatic heterocycles. The van der Waals surface area contributed by atoms with E-state index in [4.69, 9.17) is 26.1 Å². The van der Waals surface area contributed by atoms with Crippen molar-refractivity contribution in [3.8, 4) is 11.5 Å². The van der Waals surface area contributed by atoms with Crippen LogP contribution in [0, 0.1) is 0 Å². The fourth-order valence-corrected chi connectivity index (χ4v) is 3.94. The van der Waals surface area contributed by atoms with Crippen LogP contribution in [0.5, 0.6) is 11.5 Å². The van der Waals surface area contributed by atoms with Crippen molar-refractivity contribution in [1.82, 2.24) is 10.6 Å². The molecule has 6 nitrogen and oxygen atoms in total. The Balaban J connectivity index is 1.30. The number of thiocarbonyl (C=S) groups is 1. The molecule has 3 heterocycles. The minimum absolute atomic E-state index is 0.283. The van der Waals surface area contributed by atoms with E-state index >= 15 is 0 Å². The van der Waals surface area contributed by atoms with Gasteiger partial charge >= 0.3 is 0 Å². The average Bonchev–Trinajstić information content (AvgIpc) is 3.39. The summed E-state index contributed by atoms with van der Waals surface area (Å²) >= 11 is 5.48. The first-order chi connectivity index (χ1) is 13.3. The predicted molar refractivity (Wildman–Crippen MR) is 106 cm³/mol. The van der Waals surface area contributed by atoms with Crippen LogP contribution in [0.3, 0.4) is 0 Å². The molecule has 0 unspecified atom stereocenters. The van der Waals surface area contributed by atoms with Gasteiger partial charge in [0.15, 0.2) is 28.4 Å². The molecule has 1 fully saturated rings. The topological polar surface area (TPSA) is 60.1 Å². The summed E-state index contributed by atoms with van der Waals surface area (Å²) < 4.78 is 16.5. The van der Waals surface area contributed by atoms with Crippen molar-refractivity contribution in [3.05, 3.63) is 47.9 Å². The number of quaternary nitrogens is 1. The molecule has 27 heavy (non-hydrogen) atoms. The molecular formula is C20H26N3O3S+. The standard InChI is InChI=1S/C20H25N3O3S/c27-20(21-12-15-6-7-18-19(11-15)26-14-25-18)22-13-16(17-5-4-10-24-17)23-8-2-1-3-9-23/h4-7,10-11,16H,1-3,8-9,12-14H2,(H2,21,22,27)/p+1/t16-/m1/s1. The third-order valence-electron chi connectivity index (χ3n) is 5.23. The molecule has 0 radical (unpaired) electrons. The van der Waals surface area contributed by atoms with E-state index in [1.165, 1.54) is 32.4 Å². The Kier molecular flexibility index (Phi) is 5.79. The van der Waals surface area contributed by atoms with Crippen LogP contribution in [-0.2, 0) is 6.54 Å². The zero-order chi connectivity index (χ0) is 18.5. The maximum absolute atomic E-state index is 5.70. The maximum atomic E-state index is 5.70. The first-order valence-electron chi connectivity index (χ1n) is 9.58. The summed E-state index contributed by atoms with van der Waals surface area (Å²) in [5.74, 6) is 2.61. The Bertz CT molecular complexity index is 760. The van der Waals surface area contributed by atoms with Gasteiger partial charge < -0.3 is 29.4 Å². The minimum Gasteiger partial charge on any atom is -0.463 e. The molecule has 0 saturated carbocycles. The van der Waals surface area contributed by atoms with Crippen molar-refractivity contribution < 1.29 is 18.8 Å². The average molecular weight is 389 g/mol. The zero-order valence-corrected chi connectivity index (χ0v) is 16.1. The van der Waals surface area contributed by atoms with E-state index < -0.39 is 0 Å². The van der Waals surface area contributed by atoms with Gasteiger partial charge in [0.1, 0.15) is 0 Å². The maximum Gasteiger partial charge on any atom is 0.231 e. The van der Waals surface area contributed by atoms with Gasteiger partial charge in [0.25, 0.3) is 0 Å². The SMILES string of the molecule is S=C(NCc1ccc2c(c1)OCO2)NC[C@H](c1ccco1)[NH+]1CCCCC1. The Morgan fingerprint density at radius 2 is 1.93 bits per heavy atom. The van der Waals surface area contributed by atoms with E-state index in [0.717, 1.165) is 29.4 Å². The second-order valence-electron chi connectivity index (χ2n) is 7.04. The lowest BCUT2D eigenvalue weighted by atomic mass is 10.1. The predicted octanol–water partition coefficient (Wildman–Crippen LogP) is 1.78. The fourth-order valence-electron chi connectivity index (χ4n) is 3.78. The Morgan fingerprint density at radius 1 is 1.07 bits per heavy atom. The van der Waals surface area contributed by atoms with Crippen molar-refractivity contribution in [1.29, 1.82) is 0 Å². The van der Waals surface area contributed by atoms with E-state index in [0.29, 0.717) is 18.5 Å². The van der Waals surface area contributed by atoms with E-state index in [1.54, 1.807) is 11.2 Å². The van der Waals surface area contributed by atoms with Crippen LogP contribution in [-0.4, -0.2) is 31.5 Å². The van der Waals surface area contributed by atoms with Crippen molar-refractivity contribution in [2.75, 3.05) is 26.4 Å². The molecule has 3 N–H and O–H groups in total. The summed E-state index contributed by atoms with van der Waals surface area (Å²) in [6.07, 6.45) is 5.64. The normalized spacial score (nSPS) is 17.5. The summed E-state index contributed by atoms with van der Waals surface area (Å²) in [5, 5.41) is 7.31. The van der Waals surface area contributed by atoms with E-state index in [1.807, 2.05) is 24.3 Å². The summed E-state index contributed by atoms with van der Waals surface area (Å²) in [6.45, 7) is 4.06.